The Balaban J connectivity index is 1.62. The molecule has 2 aromatic heterocycles. The second-order valence-corrected chi connectivity index (χ2v) is 9.01. The summed E-state index contributed by atoms with van der Waals surface area (Å²) in [6.07, 6.45) is 3.21. The maximum Gasteiger partial charge on any atom is 0.259 e. The quantitative estimate of drug-likeness (QED) is 0.697. The molecule has 2 heterocycles. The van der Waals surface area contributed by atoms with E-state index in [9.17, 15) is 4.79 Å². The van der Waals surface area contributed by atoms with Crippen LogP contribution in [0.15, 0.2) is 29.1 Å². The first-order valence-corrected chi connectivity index (χ1v) is 10.7. The van der Waals surface area contributed by atoms with Gasteiger partial charge in [0, 0.05) is 11.4 Å². The van der Waals surface area contributed by atoms with E-state index < -0.39 is 0 Å². The summed E-state index contributed by atoms with van der Waals surface area (Å²) in [5.74, 6) is 2.27. The minimum Gasteiger partial charge on any atom is -0.497 e. The molecule has 5 nitrogen and oxygen atoms in total. The van der Waals surface area contributed by atoms with Crippen LogP contribution in [-0.2, 0) is 19.4 Å². The fraction of sp³-hybridized carbons (Fsp3) is 0.455. The van der Waals surface area contributed by atoms with Crippen molar-refractivity contribution in [3.8, 4) is 5.75 Å². The maximum atomic E-state index is 12.9. The van der Waals surface area contributed by atoms with Crippen LogP contribution in [0, 0.1) is 5.92 Å². The number of benzene rings is 1. The molecule has 0 saturated heterocycles. The maximum absolute atomic E-state index is 12.9. The molecule has 1 aliphatic carbocycles. The van der Waals surface area contributed by atoms with Gasteiger partial charge in [-0.3, -0.25) is 9.69 Å². The number of ether oxygens (including phenoxy) is 1. The molecule has 0 radical (unpaired) electrons. The molecule has 0 unspecified atom stereocenters. The summed E-state index contributed by atoms with van der Waals surface area (Å²) in [5.41, 5.74) is 2.40. The van der Waals surface area contributed by atoms with E-state index >= 15 is 0 Å². The van der Waals surface area contributed by atoms with Crippen molar-refractivity contribution < 1.29 is 4.74 Å². The number of hydrogen-bond donors (Lipinski definition) is 1. The first kappa shape index (κ1) is 19.2. The van der Waals surface area contributed by atoms with Crippen molar-refractivity contribution in [2.24, 2.45) is 5.92 Å². The third kappa shape index (κ3) is 3.59. The number of nitrogens with one attached hydrogen (secondary N) is 1. The Morgan fingerprint density at radius 3 is 3.04 bits per heavy atom. The average Bonchev–Trinajstić information content (AvgIpc) is 3.05. The highest BCUT2D eigenvalue weighted by Crippen LogP contribution is 2.36. The Morgan fingerprint density at radius 2 is 2.25 bits per heavy atom. The number of methoxy groups -OCH3 is 1. The molecule has 4 rings (SSSR count). The Bertz CT molecular complexity index is 1060. The molecule has 1 aliphatic rings. The van der Waals surface area contributed by atoms with Gasteiger partial charge in [-0.15, -0.1) is 11.3 Å². The normalized spacial score (nSPS) is 17.7. The van der Waals surface area contributed by atoms with Crippen molar-refractivity contribution in [1.82, 2.24) is 14.9 Å². The van der Waals surface area contributed by atoms with Crippen molar-refractivity contribution in [2.45, 2.75) is 45.7 Å². The lowest BCUT2D eigenvalue weighted by molar-refractivity contribution is 0.243. The molecule has 0 fully saturated rings. The van der Waals surface area contributed by atoms with Crippen LogP contribution in [0.2, 0.25) is 0 Å². The van der Waals surface area contributed by atoms with Crippen molar-refractivity contribution in [2.75, 3.05) is 14.2 Å². The second-order valence-electron chi connectivity index (χ2n) is 7.93. The van der Waals surface area contributed by atoms with Crippen molar-refractivity contribution >= 4 is 21.6 Å². The molecule has 2 atom stereocenters. The SMILES string of the molecule is COc1cccc(CN(C)[C@H](C)c2nc3sc4c(c3c(=O)[nH]2)CC[C@@H](C)C4)c1. The smallest absolute Gasteiger partial charge is 0.259 e. The molecule has 6 heteroatoms. The number of fused-ring (bicyclic) bond motifs is 3. The van der Waals surface area contributed by atoms with Crippen LogP contribution in [0.4, 0.5) is 0 Å². The Labute approximate surface area is 169 Å². The summed E-state index contributed by atoms with van der Waals surface area (Å²) >= 11 is 1.70. The monoisotopic (exact) mass is 397 g/mol. The summed E-state index contributed by atoms with van der Waals surface area (Å²) in [4.78, 5) is 25.2. The zero-order chi connectivity index (χ0) is 19.8. The van der Waals surface area contributed by atoms with Gasteiger partial charge in [0.2, 0.25) is 0 Å². The summed E-state index contributed by atoms with van der Waals surface area (Å²) in [6.45, 7) is 5.12. The van der Waals surface area contributed by atoms with E-state index in [1.807, 2.05) is 18.2 Å². The predicted octanol–water partition coefficient (Wildman–Crippen LogP) is 4.31. The average molecular weight is 398 g/mol. The van der Waals surface area contributed by atoms with E-state index in [1.165, 1.54) is 10.4 Å². The fourth-order valence-electron chi connectivity index (χ4n) is 3.97. The van der Waals surface area contributed by atoms with Crippen LogP contribution in [-0.4, -0.2) is 29.0 Å². The highest BCUT2D eigenvalue weighted by atomic mass is 32.1. The van der Waals surface area contributed by atoms with E-state index in [0.717, 1.165) is 53.2 Å². The van der Waals surface area contributed by atoms with Gasteiger partial charge in [0.1, 0.15) is 16.4 Å². The number of aromatic amines is 1. The summed E-state index contributed by atoms with van der Waals surface area (Å²) in [6, 6.07) is 8.06. The number of aryl methyl sites for hydroxylation is 1. The lowest BCUT2D eigenvalue weighted by Crippen LogP contribution is -2.26. The largest absolute Gasteiger partial charge is 0.497 e. The Morgan fingerprint density at radius 1 is 1.43 bits per heavy atom. The van der Waals surface area contributed by atoms with E-state index in [4.69, 9.17) is 9.72 Å². The van der Waals surface area contributed by atoms with Crippen LogP contribution in [0.1, 0.15) is 48.1 Å². The summed E-state index contributed by atoms with van der Waals surface area (Å²) in [5, 5.41) is 0.818. The fourth-order valence-corrected chi connectivity index (χ4v) is 5.36. The van der Waals surface area contributed by atoms with E-state index in [2.05, 4.69) is 36.8 Å². The van der Waals surface area contributed by atoms with Crippen LogP contribution in [0.3, 0.4) is 0 Å². The van der Waals surface area contributed by atoms with Crippen LogP contribution >= 0.6 is 11.3 Å². The van der Waals surface area contributed by atoms with Crippen LogP contribution < -0.4 is 10.3 Å². The predicted molar refractivity (Wildman–Crippen MR) is 114 cm³/mol. The van der Waals surface area contributed by atoms with E-state index in [-0.39, 0.29) is 11.6 Å². The number of thiophene rings is 1. The standard InChI is InChI=1S/C22H27N3O2S/c1-13-8-9-17-18(10-13)28-22-19(17)21(26)23-20(24-22)14(2)25(3)12-15-6-5-7-16(11-15)27-4/h5-7,11,13-14H,8-10,12H2,1-4H3,(H,23,24,26)/t13-,14-/m1/s1. The number of aromatic nitrogens is 2. The van der Waals surface area contributed by atoms with E-state index in [0.29, 0.717) is 5.92 Å². The van der Waals surface area contributed by atoms with Crippen LogP contribution in [0.25, 0.3) is 10.2 Å². The Hall–Kier alpha value is -2.18. The number of H-pyrrole nitrogens is 1. The van der Waals surface area contributed by atoms with Crippen molar-refractivity contribution in [1.29, 1.82) is 0 Å². The van der Waals surface area contributed by atoms with E-state index in [1.54, 1.807) is 18.4 Å². The first-order valence-electron chi connectivity index (χ1n) is 9.84. The minimum atomic E-state index is 0.00125. The molecule has 28 heavy (non-hydrogen) atoms. The lowest BCUT2D eigenvalue weighted by atomic mass is 9.89. The molecule has 0 bridgehead atoms. The summed E-state index contributed by atoms with van der Waals surface area (Å²) in [7, 11) is 3.73. The molecule has 0 aliphatic heterocycles. The topological polar surface area (TPSA) is 58.2 Å². The molecule has 148 valence electrons. The zero-order valence-electron chi connectivity index (χ0n) is 16.9. The molecule has 0 spiro atoms. The molecule has 0 saturated carbocycles. The van der Waals surface area contributed by atoms with Crippen molar-refractivity contribution in [3.63, 3.8) is 0 Å². The second kappa shape index (κ2) is 7.68. The molecular weight excluding hydrogens is 370 g/mol. The zero-order valence-corrected chi connectivity index (χ0v) is 17.7. The van der Waals surface area contributed by atoms with Gasteiger partial charge < -0.3 is 9.72 Å². The number of hydrogen-bond acceptors (Lipinski definition) is 5. The first-order chi connectivity index (χ1) is 13.5. The van der Waals surface area contributed by atoms with Gasteiger partial charge >= 0.3 is 0 Å². The van der Waals surface area contributed by atoms with Crippen LogP contribution in [0.5, 0.6) is 5.75 Å². The molecule has 3 aromatic rings. The number of rotatable bonds is 5. The van der Waals surface area contributed by atoms with Gasteiger partial charge in [-0.2, -0.15) is 0 Å². The Kier molecular flexibility index (Phi) is 5.25. The summed E-state index contributed by atoms with van der Waals surface area (Å²) < 4.78 is 5.32. The highest BCUT2D eigenvalue weighted by molar-refractivity contribution is 7.18. The molecule has 1 N–H and O–H groups in total. The third-order valence-electron chi connectivity index (χ3n) is 5.81. The third-order valence-corrected chi connectivity index (χ3v) is 6.95. The highest BCUT2D eigenvalue weighted by Gasteiger charge is 2.24. The van der Waals surface area contributed by atoms with Gasteiger partial charge in [-0.05, 0) is 62.4 Å². The van der Waals surface area contributed by atoms with Crippen molar-refractivity contribution in [3.05, 3.63) is 56.4 Å². The van der Waals surface area contributed by atoms with Gasteiger partial charge in [-0.1, -0.05) is 19.1 Å². The van der Waals surface area contributed by atoms with Gasteiger partial charge in [0.25, 0.3) is 5.56 Å². The molecule has 1 aromatic carbocycles. The van der Waals surface area contributed by atoms with Gasteiger partial charge in [-0.25, -0.2) is 4.98 Å². The molecule has 0 amide bonds. The van der Waals surface area contributed by atoms with Gasteiger partial charge in [0.15, 0.2) is 0 Å². The minimum absolute atomic E-state index is 0.00125. The molecular formula is C22H27N3O2S. The number of nitrogens with zero attached hydrogens (tertiary/aromatic N) is 2. The lowest BCUT2D eigenvalue weighted by Gasteiger charge is -2.24. The van der Waals surface area contributed by atoms with Gasteiger partial charge in [0.05, 0.1) is 18.5 Å².